The summed E-state index contributed by atoms with van der Waals surface area (Å²) < 4.78 is 0. The van der Waals surface area contributed by atoms with E-state index in [0.717, 1.165) is 16.5 Å². The number of hydrogen-bond donors (Lipinski definition) is 8. The van der Waals surface area contributed by atoms with Gasteiger partial charge >= 0.3 is 11.9 Å². The molecule has 0 bridgehead atoms. The second-order valence-electron chi connectivity index (χ2n) is 9.27. The maximum absolute atomic E-state index is 13.0. The number of nitrogens with one attached hydrogen (secondary N) is 4. The normalized spacial score (nSPS) is 15.9. The first-order valence-electron chi connectivity index (χ1n) is 12.2. The molecular weight excluding hydrogens is 498 g/mol. The van der Waals surface area contributed by atoms with Gasteiger partial charge in [0.05, 0.1) is 18.6 Å². The van der Waals surface area contributed by atoms with Gasteiger partial charge in [-0.05, 0) is 30.9 Å². The van der Waals surface area contributed by atoms with Crippen molar-refractivity contribution in [1.82, 2.24) is 20.9 Å². The zero-order chi connectivity index (χ0) is 28.6. The van der Waals surface area contributed by atoms with Gasteiger partial charge in [0.15, 0.2) is 0 Å². The lowest BCUT2D eigenvalue weighted by Gasteiger charge is -2.28. The van der Waals surface area contributed by atoms with Gasteiger partial charge in [-0.2, -0.15) is 0 Å². The van der Waals surface area contributed by atoms with Gasteiger partial charge in [-0.25, -0.2) is 4.79 Å². The molecule has 0 aliphatic rings. The SMILES string of the molecule is CCC(C)C(NC(=O)C(NC(=O)C(N)Cc1c[nH]c2ccccc12)C(C)O)C(=O)NC(CC(=O)O)C(=O)O. The molecule has 9 N–H and O–H groups in total. The van der Waals surface area contributed by atoms with E-state index in [1.165, 1.54) is 6.92 Å². The highest BCUT2D eigenvalue weighted by molar-refractivity contribution is 5.95. The van der Waals surface area contributed by atoms with E-state index in [4.69, 9.17) is 10.8 Å². The number of nitrogens with two attached hydrogens (primary N) is 1. The summed E-state index contributed by atoms with van der Waals surface area (Å²) in [4.78, 5) is 64.1. The summed E-state index contributed by atoms with van der Waals surface area (Å²) in [7, 11) is 0. The fourth-order valence-corrected chi connectivity index (χ4v) is 3.88. The van der Waals surface area contributed by atoms with Crippen molar-refractivity contribution in [2.24, 2.45) is 11.7 Å². The van der Waals surface area contributed by atoms with E-state index >= 15 is 0 Å². The van der Waals surface area contributed by atoms with Gasteiger partial charge in [0.2, 0.25) is 17.7 Å². The molecule has 2 aromatic rings. The lowest BCUT2D eigenvalue weighted by atomic mass is 9.97. The van der Waals surface area contributed by atoms with Gasteiger partial charge < -0.3 is 42.0 Å². The fraction of sp³-hybridized carbons (Fsp3) is 0.480. The van der Waals surface area contributed by atoms with Crippen LogP contribution in [0, 0.1) is 5.92 Å². The molecular formula is C25H35N5O8. The highest BCUT2D eigenvalue weighted by Crippen LogP contribution is 2.19. The Hall–Kier alpha value is -3.97. The topological polar surface area (TPSA) is 224 Å². The Labute approximate surface area is 219 Å². The van der Waals surface area contributed by atoms with E-state index in [0.29, 0.717) is 6.42 Å². The van der Waals surface area contributed by atoms with E-state index in [9.17, 15) is 34.2 Å². The minimum absolute atomic E-state index is 0.155. The Morgan fingerprint density at radius 1 is 0.947 bits per heavy atom. The molecule has 0 fully saturated rings. The van der Waals surface area contributed by atoms with Gasteiger partial charge in [-0.15, -0.1) is 0 Å². The van der Waals surface area contributed by atoms with Gasteiger partial charge in [0, 0.05) is 17.1 Å². The number of aromatic amines is 1. The van der Waals surface area contributed by atoms with Gasteiger partial charge in [0.25, 0.3) is 0 Å². The number of carboxylic acids is 2. The average Bonchev–Trinajstić information content (AvgIpc) is 3.26. The first-order chi connectivity index (χ1) is 17.8. The molecule has 13 nitrogen and oxygen atoms in total. The summed E-state index contributed by atoms with van der Waals surface area (Å²) in [5.74, 6) is -5.97. The van der Waals surface area contributed by atoms with Crippen molar-refractivity contribution in [3.63, 3.8) is 0 Å². The average molecular weight is 534 g/mol. The van der Waals surface area contributed by atoms with Crippen LogP contribution in [0.2, 0.25) is 0 Å². The number of carbonyl (C=O) groups is 5. The molecule has 3 amide bonds. The number of para-hydroxylation sites is 1. The van der Waals surface area contributed by atoms with E-state index in [1.807, 2.05) is 24.3 Å². The molecule has 0 saturated heterocycles. The van der Waals surface area contributed by atoms with Crippen LogP contribution in [0.25, 0.3) is 10.9 Å². The third kappa shape index (κ3) is 8.02. The number of aliphatic carboxylic acids is 2. The zero-order valence-electron chi connectivity index (χ0n) is 21.4. The van der Waals surface area contributed by atoms with Crippen LogP contribution < -0.4 is 21.7 Å². The van der Waals surface area contributed by atoms with Crippen molar-refractivity contribution in [3.8, 4) is 0 Å². The number of aliphatic hydroxyl groups is 1. The van der Waals surface area contributed by atoms with Crippen molar-refractivity contribution < 1.29 is 39.3 Å². The largest absolute Gasteiger partial charge is 0.481 e. The number of fused-ring (bicyclic) bond motifs is 1. The van der Waals surface area contributed by atoms with E-state index < -0.39 is 72.3 Å². The number of aromatic nitrogens is 1. The Bertz CT molecular complexity index is 1160. The molecule has 2 rings (SSSR count). The highest BCUT2D eigenvalue weighted by Gasteiger charge is 2.34. The summed E-state index contributed by atoms with van der Waals surface area (Å²) in [6, 6.07) is 1.98. The number of carbonyl (C=O) groups excluding carboxylic acids is 3. The molecule has 0 aliphatic heterocycles. The third-order valence-electron chi connectivity index (χ3n) is 6.30. The zero-order valence-corrected chi connectivity index (χ0v) is 21.4. The Morgan fingerprint density at radius 2 is 1.55 bits per heavy atom. The molecule has 0 spiro atoms. The minimum atomic E-state index is -1.71. The molecule has 1 aromatic carbocycles. The lowest BCUT2D eigenvalue weighted by Crippen LogP contribution is -2.61. The molecule has 6 unspecified atom stereocenters. The summed E-state index contributed by atoms with van der Waals surface area (Å²) in [6.45, 7) is 4.65. The lowest BCUT2D eigenvalue weighted by molar-refractivity contribution is -0.147. The van der Waals surface area contributed by atoms with Crippen molar-refractivity contribution in [2.75, 3.05) is 0 Å². The first kappa shape index (κ1) is 30.3. The number of amides is 3. The number of carboxylic acid groups (broad SMARTS) is 2. The maximum atomic E-state index is 13.0. The van der Waals surface area contributed by atoms with Crippen molar-refractivity contribution in [1.29, 1.82) is 0 Å². The summed E-state index contributed by atoms with van der Waals surface area (Å²) >= 11 is 0. The van der Waals surface area contributed by atoms with Gasteiger partial charge in [-0.3, -0.25) is 19.2 Å². The number of aliphatic hydroxyl groups excluding tert-OH is 1. The van der Waals surface area contributed by atoms with Crippen LogP contribution in [0.4, 0.5) is 0 Å². The van der Waals surface area contributed by atoms with Crippen molar-refractivity contribution in [3.05, 3.63) is 36.0 Å². The number of hydrogen-bond acceptors (Lipinski definition) is 7. The first-order valence-corrected chi connectivity index (χ1v) is 12.2. The molecule has 38 heavy (non-hydrogen) atoms. The predicted octanol–water partition coefficient (Wildman–Crippen LogP) is -0.522. The fourth-order valence-electron chi connectivity index (χ4n) is 3.88. The van der Waals surface area contributed by atoms with Crippen LogP contribution in [-0.4, -0.2) is 80.2 Å². The standard InChI is InChI=1S/C25H35N5O8/c1-4-12(2)20(23(35)28-18(25(37)38)10-19(32)33)29-24(36)21(13(3)31)30-22(34)16(26)9-14-11-27-17-8-6-5-7-15(14)17/h5-8,11-13,16,18,20-21,27,31H,4,9-10,26H2,1-3H3,(H,28,35)(H,29,36)(H,30,34)(H,32,33)(H,37,38). The maximum Gasteiger partial charge on any atom is 0.326 e. The van der Waals surface area contributed by atoms with Crippen LogP contribution >= 0.6 is 0 Å². The van der Waals surface area contributed by atoms with Crippen LogP contribution in [0.3, 0.4) is 0 Å². The quantitative estimate of drug-likeness (QED) is 0.156. The van der Waals surface area contributed by atoms with E-state index in [-0.39, 0.29) is 6.42 Å². The summed E-state index contributed by atoms with van der Waals surface area (Å²) in [5, 5.41) is 36.3. The highest BCUT2D eigenvalue weighted by atomic mass is 16.4. The molecule has 208 valence electrons. The smallest absolute Gasteiger partial charge is 0.326 e. The van der Waals surface area contributed by atoms with Crippen LogP contribution in [-0.2, 0) is 30.4 Å². The third-order valence-corrected chi connectivity index (χ3v) is 6.30. The number of benzene rings is 1. The second kappa shape index (κ2) is 13.5. The van der Waals surface area contributed by atoms with E-state index in [1.54, 1.807) is 20.0 Å². The Kier molecular flexibility index (Phi) is 10.8. The van der Waals surface area contributed by atoms with Gasteiger partial charge in [0.1, 0.15) is 18.1 Å². The van der Waals surface area contributed by atoms with Gasteiger partial charge in [-0.1, -0.05) is 38.5 Å². The van der Waals surface area contributed by atoms with Crippen molar-refractivity contribution in [2.45, 2.75) is 70.3 Å². The molecule has 0 aliphatic carbocycles. The van der Waals surface area contributed by atoms with Crippen LogP contribution in [0.1, 0.15) is 39.2 Å². The Morgan fingerprint density at radius 3 is 2.13 bits per heavy atom. The Balaban J connectivity index is 2.12. The summed E-state index contributed by atoms with van der Waals surface area (Å²) in [5.41, 5.74) is 7.75. The molecule has 0 radical (unpaired) electrons. The molecule has 1 heterocycles. The second-order valence-corrected chi connectivity index (χ2v) is 9.27. The molecule has 13 heteroatoms. The summed E-state index contributed by atoms with van der Waals surface area (Å²) in [6.07, 6.45) is 0.0702. The minimum Gasteiger partial charge on any atom is -0.481 e. The molecule has 0 saturated carbocycles. The molecule has 1 aromatic heterocycles. The van der Waals surface area contributed by atoms with E-state index in [2.05, 4.69) is 20.9 Å². The number of H-pyrrole nitrogens is 1. The van der Waals surface area contributed by atoms with Crippen molar-refractivity contribution >= 4 is 40.6 Å². The van der Waals surface area contributed by atoms with Crippen LogP contribution in [0.5, 0.6) is 0 Å². The van der Waals surface area contributed by atoms with Crippen LogP contribution in [0.15, 0.2) is 30.5 Å². The number of rotatable bonds is 14. The predicted molar refractivity (Wildman–Crippen MR) is 137 cm³/mol. The monoisotopic (exact) mass is 533 g/mol. The molecule has 6 atom stereocenters.